The van der Waals surface area contributed by atoms with Gasteiger partial charge in [-0.05, 0) is 37.8 Å². The predicted octanol–water partition coefficient (Wildman–Crippen LogP) is 4.17. The van der Waals surface area contributed by atoms with Crippen LogP contribution in [0.4, 0.5) is 5.69 Å². The second-order valence-corrected chi connectivity index (χ2v) is 8.01. The number of thiocarbonyl (C=S) groups is 1. The summed E-state index contributed by atoms with van der Waals surface area (Å²) in [5.41, 5.74) is 0.614. The molecule has 0 radical (unpaired) electrons. The Bertz CT molecular complexity index is 735. The number of piperidine rings is 1. The summed E-state index contributed by atoms with van der Waals surface area (Å²) in [5.74, 6) is 1.14. The lowest BCUT2D eigenvalue weighted by Crippen LogP contribution is -2.35. The molecule has 0 bridgehead atoms. The molecule has 0 aromatic heterocycles. The molecule has 1 aromatic rings. The maximum absolute atomic E-state index is 13.1. The van der Waals surface area contributed by atoms with Crippen molar-refractivity contribution < 1.29 is 14.3 Å². The van der Waals surface area contributed by atoms with Crippen LogP contribution in [0, 0.1) is 0 Å². The number of nitrogens with zero attached hydrogens (tertiary/aromatic N) is 2. The molecule has 140 valence electrons. The first kappa shape index (κ1) is 19.0. The lowest BCUT2D eigenvalue weighted by molar-refractivity contribution is -0.113. The number of amides is 1. The molecular weight excluding hydrogens is 368 g/mol. The Morgan fingerprint density at radius 3 is 2.81 bits per heavy atom. The van der Waals surface area contributed by atoms with Crippen LogP contribution in [0.3, 0.4) is 0 Å². The van der Waals surface area contributed by atoms with Gasteiger partial charge in [-0.25, -0.2) is 0 Å². The van der Waals surface area contributed by atoms with Gasteiger partial charge in [-0.2, -0.15) is 0 Å². The van der Waals surface area contributed by atoms with Gasteiger partial charge in [-0.3, -0.25) is 9.69 Å². The van der Waals surface area contributed by atoms with E-state index in [4.69, 9.17) is 21.7 Å². The van der Waals surface area contributed by atoms with E-state index in [1.165, 1.54) is 29.5 Å². The summed E-state index contributed by atoms with van der Waals surface area (Å²) in [5, 5.41) is 0. The van der Waals surface area contributed by atoms with Crippen molar-refractivity contribution in [1.29, 1.82) is 0 Å². The van der Waals surface area contributed by atoms with E-state index in [2.05, 4.69) is 11.8 Å². The summed E-state index contributed by atoms with van der Waals surface area (Å²) in [7, 11) is 3.18. The van der Waals surface area contributed by atoms with Gasteiger partial charge in [0.2, 0.25) is 0 Å². The highest BCUT2D eigenvalue weighted by atomic mass is 32.2. The molecule has 0 saturated carbocycles. The number of ether oxygens (including phenoxy) is 2. The summed E-state index contributed by atoms with van der Waals surface area (Å²) in [6, 6.07) is 5.87. The standard InChI is InChI=1S/C19H24N2O3S2/c1-4-13-7-5-6-10-20(13)12-17-18(22)21(19(25)26-17)15-11-14(23-2)8-9-16(15)24-3/h8-9,11-13H,4-7,10H2,1-3H3/b17-12+/t13-/m1/s1. The molecule has 1 atom stereocenters. The molecule has 2 fully saturated rings. The minimum absolute atomic E-state index is 0.105. The normalized spacial score (nSPS) is 22.3. The highest BCUT2D eigenvalue weighted by Crippen LogP contribution is 2.41. The molecule has 26 heavy (non-hydrogen) atoms. The summed E-state index contributed by atoms with van der Waals surface area (Å²) >= 11 is 6.85. The number of carbonyl (C=O) groups excluding carboxylic acids is 1. The van der Waals surface area contributed by atoms with E-state index in [1.54, 1.807) is 32.4 Å². The van der Waals surface area contributed by atoms with Crippen molar-refractivity contribution in [3.05, 3.63) is 29.3 Å². The van der Waals surface area contributed by atoms with Crippen LogP contribution >= 0.6 is 24.0 Å². The van der Waals surface area contributed by atoms with E-state index in [9.17, 15) is 4.79 Å². The van der Waals surface area contributed by atoms with Crippen LogP contribution < -0.4 is 14.4 Å². The average molecular weight is 393 g/mol. The first-order valence-electron chi connectivity index (χ1n) is 8.84. The molecule has 2 saturated heterocycles. The number of likely N-dealkylation sites (tertiary alicyclic amines) is 1. The molecule has 0 unspecified atom stereocenters. The zero-order valence-electron chi connectivity index (χ0n) is 15.4. The van der Waals surface area contributed by atoms with E-state index < -0.39 is 0 Å². The molecule has 1 amide bonds. The second kappa shape index (κ2) is 8.31. The molecule has 0 spiro atoms. The number of hydrogen-bond donors (Lipinski definition) is 0. The summed E-state index contributed by atoms with van der Waals surface area (Å²) in [6.07, 6.45) is 6.68. The fraction of sp³-hybridized carbons (Fsp3) is 0.474. The fourth-order valence-corrected chi connectivity index (χ4v) is 4.70. The van der Waals surface area contributed by atoms with Gasteiger partial charge >= 0.3 is 0 Å². The van der Waals surface area contributed by atoms with Gasteiger partial charge in [-0.1, -0.05) is 30.9 Å². The maximum atomic E-state index is 13.1. The third kappa shape index (κ3) is 3.69. The Labute approximate surface area is 164 Å². The predicted molar refractivity (Wildman–Crippen MR) is 110 cm³/mol. The third-order valence-electron chi connectivity index (χ3n) is 4.85. The minimum Gasteiger partial charge on any atom is -0.497 e. The molecule has 2 heterocycles. The molecule has 3 rings (SSSR count). The van der Waals surface area contributed by atoms with Crippen LogP contribution in [-0.4, -0.2) is 41.9 Å². The zero-order chi connectivity index (χ0) is 18.7. The number of benzene rings is 1. The van der Waals surface area contributed by atoms with Gasteiger partial charge in [0.15, 0.2) is 4.32 Å². The number of rotatable bonds is 5. The van der Waals surface area contributed by atoms with Crippen molar-refractivity contribution in [3.8, 4) is 11.5 Å². The number of thioether (sulfide) groups is 1. The molecule has 7 heteroatoms. The van der Waals surface area contributed by atoms with Gasteiger partial charge in [0, 0.05) is 24.9 Å². The maximum Gasteiger partial charge on any atom is 0.272 e. The number of methoxy groups -OCH3 is 2. The quantitative estimate of drug-likeness (QED) is 0.553. The van der Waals surface area contributed by atoms with Crippen LogP contribution in [-0.2, 0) is 4.79 Å². The smallest absolute Gasteiger partial charge is 0.272 e. The molecule has 0 aliphatic carbocycles. The number of carbonyl (C=O) groups is 1. The van der Waals surface area contributed by atoms with Gasteiger partial charge in [-0.15, -0.1) is 0 Å². The number of anilines is 1. The first-order valence-corrected chi connectivity index (χ1v) is 10.1. The van der Waals surface area contributed by atoms with Gasteiger partial charge < -0.3 is 14.4 Å². The lowest BCUT2D eigenvalue weighted by Gasteiger charge is -2.34. The second-order valence-electron chi connectivity index (χ2n) is 6.34. The Morgan fingerprint density at radius 1 is 1.31 bits per heavy atom. The van der Waals surface area contributed by atoms with Crippen LogP contribution in [0.5, 0.6) is 11.5 Å². The van der Waals surface area contributed by atoms with Gasteiger partial charge in [0.25, 0.3) is 5.91 Å². The number of hydrogen-bond acceptors (Lipinski definition) is 6. The van der Waals surface area contributed by atoms with Crippen molar-refractivity contribution in [3.63, 3.8) is 0 Å². The van der Waals surface area contributed by atoms with Crippen molar-refractivity contribution in [2.24, 2.45) is 0 Å². The Hall–Kier alpha value is -1.73. The largest absolute Gasteiger partial charge is 0.497 e. The first-order chi connectivity index (χ1) is 12.6. The topological polar surface area (TPSA) is 42.0 Å². The van der Waals surface area contributed by atoms with Crippen LogP contribution in [0.15, 0.2) is 29.3 Å². The Balaban J connectivity index is 1.91. The fourth-order valence-electron chi connectivity index (χ4n) is 3.42. The lowest BCUT2D eigenvalue weighted by atomic mass is 10.0. The summed E-state index contributed by atoms with van der Waals surface area (Å²) < 4.78 is 11.2. The van der Waals surface area contributed by atoms with E-state index in [0.717, 1.165) is 19.4 Å². The van der Waals surface area contributed by atoms with E-state index in [1.807, 2.05) is 6.20 Å². The van der Waals surface area contributed by atoms with Gasteiger partial charge in [0.1, 0.15) is 11.5 Å². The average Bonchev–Trinajstić information content (AvgIpc) is 2.94. The zero-order valence-corrected chi connectivity index (χ0v) is 17.0. The molecule has 1 aromatic carbocycles. The molecule has 5 nitrogen and oxygen atoms in total. The minimum atomic E-state index is -0.105. The van der Waals surface area contributed by atoms with Crippen LogP contribution in [0.25, 0.3) is 0 Å². The van der Waals surface area contributed by atoms with E-state index in [0.29, 0.717) is 32.5 Å². The molecule has 2 aliphatic heterocycles. The van der Waals surface area contributed by atoms with Gasteiger partial charge in [0.05, 0.1) is 24.8 Å². The van der Waals surface area contributed by atoms with Crippen molar-refractivity contribution in [1.82, 2.24) is 4.90 Å². The summed E-state index contributed by atoms with van der Waals surface area (Å²) in [4.78, 5) is 17.6. The Morgan fingerprint density at radius 2 is 2.12 bits per heavy atom. The molecule has 0 N–H and O–H groups in total. The highest BCUT2D eigenvalue weighted by molar-refractivity contribution is 8.27. The summed E-state index contributed by atoms with van der Waals surface area (Å²) in [6.45, 7) is 3.19. The molecular formula is C19H24N2O3S2. The third-order valence-corrected chi connectivity index (χ3v) is 6.14. The SMILES string of the molecule is CC[C@@H]1CCCCN1/C=C1/SC(=S)N(c2cc(OC)ccc2OC)C1=O. The van der Waals surface area contributed by atoms with Crippen LogP contribution in [0.1, 0.15) is 32.6 Å². The van der Waals surface area contributed by atoms with Crippen molar-refractivity contribution in [2.45, 2.75) is 38.6 Å². The highest BCUT2D eigenvalue weighted by Gasteiger charge is 2.36. The molecule has 2 aliphatic rings. The van der Waals surface area contributed by atoms with Crippen LogP contribution in [0.2, 0.25) is 0 Å². The van der Waals surface area contributed by atoms with Crippen molar-refractivity contribution in [2.75, 3.05) is 25.7 Å². The Kier molecular flexibility index (Phi) is 6.09. The van der Waals surface area contributed by atoms with E-state index >= 15 is 0 Å². The monoisotopic (exact) mass is 392 g/mol. The van der Waals surface area contributed by atoms with Crippen molar-refractivity contribution >= 4 is 39.9 Å². The van der Waals surface area contributed by atoms with E-state index in [-0.39, 0.29) is 5.91 Å².